The third-order valence-corrected chi connectivity index (χ3v) is 4.01. The average molecular weight is 354 g/mol. The number of nitrogens with one attached hydrogen (secondary N) is 1. The van der Waals surface area contributed by atoms with Crippen molar-refractivity contribution in [1.82, 2.24) is 15.3 Å². The highest BCUT2D eigenvalue weighted by Crippen LogP contribution is 2.20. The Hall–Kier alpha value is -2.80. The molecule has 0 bridgehead atoms. The highest BCUT2D eigenvalue weighted by atomic mass is 16.5. The zero-order valence-corrected chi connectivity index (χ0v) is 14.9. The smallest absolute Gasteiger partial charge is 0.226 e. The summed E-state index contributed by atoms with van der Waals surface area (Å²) >= 11 is 0. The standard InChI is InChI=1S/C19H22N4O3/c1-3-26-19-15-11-21-14(8-13(15)10-22-19)9-18(24)23-17(12-25-2)16-6-4-5-7-20-16/h4-8,11,17H,3,9-10,12H2,1-2H3,(H,23,24)/t17-/m1/s1. The first kappa shape index (κ1) is 18.0. The number of ether oxygens (including phenoxy) is 2. The van der Waals surface area contributed by atoms with E-state index in [1.807, 2.05) is 31.2 Å². The second-order valence-corrected chi connectivity index (χ2v) is 5.89. The molecule has 0 aliphatic carbocycles. The Morgan fingerprint density at radius 3 is 2.96 bits per heavy atom. The fourth-order valence-electron chi connectivity index (χ4n) is 2.83. The van der Waals surface area contributed by atoms with Crippen LogP contribution in [0.3, 0.4) is 0 Å². The van der Waals surface area contributed by atoms with E-state index in [1.54, 1.807) is 19.5 Å². The molecule has 3 heterocycles. The van der Waals surface area contributed by atoms with Crippen molar-refractivity contribution < 1.29 is 14.3 Å². The van der Waals surface area contributed by atoms with Crippen molar-refractivity contribution in [3.8, 4) is 0 Å². The predicted molar refractivity (Wildman–Crippen MR) is 96.8 cm³/mol. The van der Waals surface area contributed by atoms with Crippen LogP contribution in [0.2, 0.25) is 0 Å². The lowest BCUT2D eigenvalue weighted by Crippen LogP contribution is -2.33. The van der Waals surface area contributed by atoms with Gasteiger partial charge in [0.05, 0.1) is 49.2 Å². The summed E-state index contributed by atoms with van der Waals surface area (Å²) < 4.78 is 10.7. The molecule has 0 aromatic carbocycles. The molecule has 3 rings (SSSR count). The molecule has 7 nitrogen and oxygen atoms in total. The molecule has 1 aliphatic heterocycles. The minimum Gasteiger partial charge on any atom is -0.478 e. The van der Waals surface area contributed by atoms with E-state index in [9.17, 15) is 4.79 Å². The van der Waals surface area contributed by atoms with E-state index >= 15 is 0 Å². The fourth-order valence-corrected chi connectivity index (χ4v) is 2.83. The molecule has 1 amide bonds. The van der Waals surface area contributed by atoms with Crippen LogP contribution in [0.5, 0.6) is 0 Å². The lowest BCUT2D eigenvalue weighted by atomic mass is 10.1. The van der Waals surface area contributed by atoms with Gasteiger partial charge in [0.1, 0.15) is 0 Å². The van der Waals surface area contributed by atoms with Gasteiger partial charge in [0, 0.05) is 19.5 Å². The van der Waals surface area contributed by atoms with Crippen molar-refractivity contribution in [2.75, 3.05) is 20.3 Å². The molecule has 0 saturated heterocycles. The number of hydrogen-bond acceptors (Lipinski definition) is 6. The lowest BCUT2D eigenvalue weighted by molar-refractivity contribution is -0.121. The fraction of sp³-hybridized carbons (Fsp3) is 0.368. The van der Waals surface area contributed by atoms with Crippen LogP contribution in [0.25, 0.3) is 0 Å². The number of aromatic nitrogens is 2. The monoisotopic (exact) mass is 354 g/mol. The Morgan fingerprint density at radius 1 is 1.35 bits per heavy atom. The topological polar surface area (TPSA) is 85.7 Å². The normalized spacial score (nSPS) is 13.7. The van der Waals surface area contributed by atoms with Gasteiger partial charge in [-0.25, -0.2) is 4.99 Å². The predicted octanol–water partition coefficient (Wildman–Crippen LogP) is 1.82. The second kappa shape index (κ2) is 8.53. The van der Waals surface area contributed by atoms with E-state index in [4.69, 9.17) is 9.47 Å². The molecule has 1 N–H and O–H groups in total. The van der Waals surface area contributed by atoms with Crippen molar-refractivity contribution in [3.63, 3.8) is 0 Å². The number of pyridine rings is 2. The SMILES string of the molecule is CCOC1=NCc2cc(CC(=O)N[C@H](COC)c3ccccn3)ncc21. The quantitative estimate of drug-likeness (QED) is 0.820. The Kier molecular flexibility index (Phi) is 5.91. The lowest BCUT2D eigenvalue weighted by Gasteiger charge is -2.17. The van der Waals surface area contributed by atoms with Crippen LogP contribution >= 0.6 is 0 Å². The van der Waals surface area contributed by atoms with Gasteiger partial charge in [0.2, 0.25) is 11.8 Å². The Morgan fingerprint density at radius 2 is 2.23 bits per heavy atom. The number of nitrogens with zero attached hydrogens (tertiary/aromatic N) is 3. The minimum atomic E-state index is -0.295. The van der Waals surface area contributed by atoms with Gasteiger partial charge in [-0.1, -0.05) is 6.07 Å². The van der Waals surface area contributed by atoms with E-state index in [-0.39, 0.29) is 18.4 Å². The molecule has 7 heteroatoms. The number of methoxy groups -OCH3 is 1. The Bertz CT molecular complexity index is 793. The molecule has 0 spiro atoms. The van der Waals surface area contributed by atoms with Crippen LogP contribution in [-0.2, 0) is 27.2 Å². The maximum absolute atomic E-state index is 12.5. The number of carbonyl (C=O) groups excluding carboxylic acids is 1. The van der Waals surface area contributed by atoms with Gasteiger partial charge in [-0.05, 0) is 30.7 Å². The number of hydrogen-bond donors (Lipinski definition) is 1. The number of rotatable bonds is 7. The Labute approximate surface area is 152 Å². The number of fused-ring (bicyclic) bond motifs is 1. The van der Waals surface area contributed by atoms with Crippen molar-refractivity contribution in [2.45, 2.75) is 25.9 Å². The highest BCUT2D eigenvalue weighted by Gasteiger charge is 2.20. The third kappa shape index (κ3) is 4.23. The second-order valence-electron chi connectivity index (χ2n) is 5.89. The minimum absolute atomic E-state index is 0.130. The molecule has 26 heavy (non-hydrogen) atoms. The van der Waals surface area contributed by atoms with Crippen LogP contribution in [0.1, 0.15) is 35.5 Å². The molecule has 2 aromatic heterocycles. The maximum Gasteiger partial charge on any atom is 0.226 e. The zero-order chi connectivity index (χ0) is 18.4. The molecule has 0 radical (unpaired) electrons. The summed E-state index contributed by atoms with van der Waals surface area (Å²) in [6.45, 7) is 3.40. The average Bonchev–Trinajstić information content (AvgIpc) is 3.05. The largest absolute Gasteiger partial charge is 0.478 e. The first-order valence-electron chi connectivity index (χ1n) is 8.56. The van der Waals surface area contributed by atoms with Gasteiger partial charge in [-0.15, -0.1) is 0 Å². The summed E-state index contributed by atoms with van der Waals surface area (Å²) in [4.78, 5) is 25.5. The summed E-state index contributed by atoms with van der Waals surface area (Å²) in [5.41, 5.74) is 3.40. The molecular weight excluding hydrogens is 332 g/mol. The third-order valence-electron chi connectivity index (χ3n) is 4.01. The molecule has 1 aliphatic rings. The summed E-state index contributed by atoms with van der Waals surface area (Å²) in [6.07, 6.45) is 3.61. The van der Waals surface area contributed by atoms with E-state index in [2.05, 4.69) is 20.3 Å². The van der Waals surface area contributed by atoms with Gasteiger partial charge in [-0.3, -0.25) is 14.8 Å². The maximum atomic E-state index is 12.5. The highest BCUT2D eigenvalue weighted by molar-refractivity contribution is 5.97. The first-order valence-corrected chi connectivity index (χ1v) is 8.56. The zero-order valence-electron chi connectivity index (χ0n) is 14.9. The van der Waals surface area contributed by atoms with Crippen LogP contribution in [-0.4, -0.2) is 42.1 Å². The molecule has 0 unspecified atom stereocenters. The molecule has 136 valence electrons. The molecule has 2 aromatic rings. The van der Waals surface area contributed by atoms with Crippen molar-refractivity contribution in [1.29, 1.82) is 0 Å². The van der Waals surface area contributed by atoms with Gasteiger partial charge in [0.25, 0.3) is 0 Å². The summed E-state index contributed by atoms with van der Waals surface area (Å²) in [5, 5.41) is 2.96. The van der Waals surface area contributed by atoms with Crippen LogP contribution in [0, 0.1) is 0 Å². The molecule has 0 saturated carbocycles. The van der Waals surface area contributed by atoms with Crippen molar-refractivity contribution in [2.24, 2.45) is 4.99 Å². The van der Waals surface area contributed by atoms with Gasteiger partial charge in [-0.2, -0.15) is 0 Å². The van der Waals surface area contributed by atoms with Crippen molar-refractivity contribution >= 4 is 11.8 Å². The van der Waals surface area contributed by atoms with Crippen LogP contribution < -0.4 is 5.32 Å². The number of amides is 1. The first-order chi connectivity index (χ1) is 12.7. The van der Waals surface area contributed by atoms with E-state index in [0.29, 0.717) is 31.4 Å². The van der Waals surface area contributed by atoms with Gasteiger partial charge < -0.3 is 14.8 Å². The van der Waals surface area contributed by atoms with E-state index < -0.39 is 0 Å². The number of aliphatic imine (C=N–C) groups is 1. The molecular formula is C19H22N4O3. The molecule has 1 atom stereocenters. The summed E-state index contributed by atoms with van der Waals surface area (Å²) in [6, 6.07) is 7.20. The van der Waals surface area contributed by atoms with Gasteiger partial charge in [0.15, 0.2) is 0 Å². The van der Waals surface area contributed by atoms with Crippen LogP contribution in [0.15, 0.2) is 41.7 Å². The van der Waals surface area contributed by atoms with Crippen molar-refractivity contribution in [3.05, 3.63) is 59.2 Å². The number of carbonyl (C=O) groups is 1. The Balaban J connectivity index is 1.65. The van der Waals surface area contributed by atoms with Crippen LogP contribution in [0.4, 0.5) is 0 Å². The summed E-state index contributed by atoms with van der Waals surface area (Å²) in [7, 11) is 1.60. The molecule has 0 fully saturated rings. The van der Waals surface area contributed by atoms with E-state index in [0.717, 1.165) is 16.8 Å². The van der Waals surface area contributed by atoms with Gasteiger partial charge >= 0.3 is 0 Å². The summed E-state index contributed by atoms with van der Waals surface area (Å²) in [5.74, 6) is 0.496. The van der Waals surface area contributed by atoms with E-state index in [1.165, 1.54) is 0 Å².